The minimum absolute atomic E-state index is 0.221. The van der Waals surface area contributed by atoms with Crippen LogP contribution < -0.4 is 4.74 Å². The first kappa shape index (κ1) is 14.1. The van der Waals surface area contributed by atoms with Gasteiger partial charge in [-0.3, -0.25) is 0 Å². The van der Waals surface area contributed by atoms with Gasteiger partial charge < -0.3 is 4.74 Å². The van der Waals surface area contributed by atoms with Gasteiger partial charge in [-0.2, -0.15) is 0 Å². The maximum Gasteiger partial charge on any atom is 0.118 e. The molecular weight excluding hydrogens is 300 g/mol. The molecule has 1 unspecified atom stereocenters. The topological polar surface area (TPSA) is 9.23 Å². The van der Waals surface area contributed by atoms with Gasteiger partial charge in [0.25, 0.3) is 0 Å². The highest BCUT2D eigenvalue weighted by Gasteiger charge is 2.15. The zero-order valence-corrected chi connectivity index (χ0v) is 13.4. The second-order valence-electron chi connectivity index (χ2n) is 4.95. The molecule has 0 aliphatic rings. The number of rotatable bonds is 3. The summed E-state index contributed by atoms with van der Waals surface area (Å²) in [6.45, 7) is 6.49. The molecule has 0 radical (unpaired) electrons. The van der Waals surface area contributed by atoms with E-state index in [0.29, 0.717) is 0 Å². The summed E-state index contributed by atoms with van der Waals surface area (Å²) in [5.41, 5.74) is 6.57. The predicted octanol–water partition coefficient (Wildman–Crippen LogP) is 5.10. The van der Waals surface area contributed by atoms with E-state index in [4.69, 9.17) is 4.74 Å². The molecule has 0 spiro atoms. The van der Waals surface area contributed by atoms with Crippen molar-refractivity contribution in [3.05, 3.63) is 64.2 Å². The molecule has 0 aromatic heterocycles. The Morgan fingerprint density at radius 1 is 0.947 bits per heavy atom. The molecule has 2 heteroatoms. The van der Waals surface area contributed by atoms with Gasteiger partial charge in [0.15, 0.2) is 0 Å². The summed E-state index contributed by atoms with van der Waals surface area (Å²) in [4.78, 5) is 0.221. The van der Waals surface area contributed by atoms with E-state index in [9.17, 15) is 0 Å². The van der Waals surface area contributed by atoms with E-state index in [1.165, 1.54) is 27.8 Å². The third-order valence-electron chi connectivity index (χ3n) is 3.40. The third kappa shape index (κ3) is 3.01. The molecule has 0 N–H and O–H groups in total. The van der Waals surface area contributed by atoms with E-state index < -0.39 is 0 Å². The number of hydrogen-bond donors (Lipinski definition) is 0. The van der Waals surface area contributed by atoms with Crippen LogP contribution in [0.4, 0.5) is 0 Å². The second kappa shape index (κ2) is 5.79. The minimum Gasteiger partial charge on any atom is -0.497 e. The first-order chi connectivity index (χ1) is 9.02. The quantitative estimate of drug-likeness (QED) is 0.715. The largest absolute Gasteiger partial charge is 0.497 e. The summed E-state index contributed by atoms with van der Waals surface area (Å²) < 4.78 is 5.20. The summed E-state index contributed by atoms with van der Waals surface area (Å²) in [7, 11) is 1.69. The Morgan fingerprint density at radius 3 is 1.95 bits per heavy atom. The Balaban J connectivity index is 2.40. The van der Waals surface area contributed by atoms with Crippen LogP contribution in [-0.2, 0) is 0 Å². The average molecular weight is 319 g/mol. The Morgan fingerprint density at radius 2 is 1.47 bits per heavy atom. The lowest BCUT2D eigenvalue weighted by molar-refractivity contribution is 0.414. The van der Waals surface area contributed by atoms with Crippen molar-refractivity contribution >= 4 is 15.9 Å². The average Bonchev–Trinajstić information content (AvgIpc) is 2.37. The van der Waals surface area contributed by atoms with Gasteiger partial charge >= 0.3 is 0 Å². The van der Waals surface area contributed by atoms with Crippen molar-refractivity contribution in [3.8, 4) is 5.75 Å². The normalized spacial score (nSPS) is 12.3. The number of ether oxygens (including phenoxy) is 1. The maximum atomic E-state index is 5.20. The number of halogens is 1. The van der Waals surface area contributed by atoms with Crippen molar-refractivity contribution in [2.24, 2.45) is 0 Å². The lowest BCUT2D eigenvalue weighted by atomic mass is 9.94. The fraction of sp³-hybridized carbons (Fsp3) is 0.294. The summed E-state index contributed by atoms with van der Waals surface area (Å²) in [5, 5.41) is 0. The Bertz CT molecular complexity index is 549. The van der Waals surface area contributed by atoms with Gasteiger partial charge in [-0.25, -0.2) is 0 Å². The Labute approximate surface area is 123 Å². The van der Waals surface area contributed by atoms with E-state index in [0.717, 1.165) is 5.75 Å². The first-order valence-electron chi connectivity index (χ1n) is 6.38. The molecule has 1 nitrogen and oxygen atoms in total. The SMILES string of the molecule is COc1ccc(C(Br)c2c(C)cc(C)cc2C)cc1. The van der Waals surface area contributed by atoms with Crippen LogP contribution in [0.1, 0.15) is 32.6 Å². The van der Waals surface area contributed by atoms with Crippen molar-refractivity contribution in [1.82, 2.24) is 0 Å². The van der Waals surface area contributed by atoms with Gasteiger partial charge in [0.1, 0.15) is 5.75 Å². The van der Waals surface area contributed by atoms with Crippen LogP contribution >= 0.6 is 15.9 Å². The number of aryl methyl sites for hydroxylation is 3. The molecule has 2 rings (SSSR count). The highest BCUT2D eigenvalue weighted by Crippen LogP contribution is 2.36. The smallest absolute Gasteiger partial charge is 0.118 e. The molecule has 0 heterocycles. The van der Waals surface area contributed by atoms with E-state index in [2.05, 4.69) is 61.0 Å². The van der Waals surface area contributed by atoms with Gasteiger partial charge in [-0.15, -0.1) is 0 Å². The molecular formula is C17H19BrO. The monoisotopic (exact) mass is 318 g/mol. The minimum atomic E-state index is 0.221. The van der Waals surface area contributed by atoms with E-state index in [-0.39, 0.29) is 4.83 Å². The van der Waals surface area contributed by atoms with Crippen LogP contribution in [0.5, 0.6) is 5.75 Å². The number of benzene rings is 2. The van der Waals surface area contributed by atoms with Crippen LogP contribution in [0.15, 0.2) is 36.4 Å². The lowest BCUT2D eigenvalue weighted by Crippen LogP contribution is -2.00. The lowest BCUT2D eigenvalue weighted by Gasteiger charge is -2.17. The second-order valence-corrected chi connectivity index (χ2v) is 5.86. The number of alkyl halides is 1. The van der Waals surface area contributed by atoms with E-state index in [1.54, 1.807) is 7.11 Å². The fourth-order valence-corrected chi connectivity index (χ4v) is 3.56. The van der Waals surface area contributed by atoms with Gasteiger partial charge in [0, 0.05) is 0 Å². The molecule has 0 bridgehead atoms. The van der Waals surface area contributed by atoms with Gasteiger partial charge in [0.2, 0.25) is 0 Å². The highest BCUT2D eigenvalue weighted by atomic mass is 79.9. The van der Waals surface area contributed by atoms with E-state index in [1.807, 2.05) is 12.1 Å². The highest BCUT2D eigenvalue weighted by molar-refractivity contribution is 9.09. The van der Waals surface area contributed by atoms with Gasteiger partial charge in [-0.1, -0.05) is 45.8 Å². The first-order valence-corrected chi connectivity index (χ1v) is 7.30. The molecule has 100 valence electrons. The van der Waals surface area contributed by atoms with E-state index >= 15 is 0 Å². The zero-order valence-electron chi connectivity index (χ0n) is 11.8. The van der Waals surface area contributed by atoms with Gasteiger partial charge in [-0.05, 0) is 55.2 Å². The molecule has 0 saturated heterocycles. The Kier molecular flexibility index (Phi) is 4.31. The number of methoxy groups -OCH3 is 1. The van der Waals surface area contributed by atoms with Crippen molar-refractivity contribution in [1.29, 1.82) is 0 Å². The summed E-state index contributed by atoms with van der Waals surface area (Å²) in [6.07, 6.45) is 0. The molecule has 0 fully saturated rings. The molecule has 0 aliphatic carbocycles. The van der Waals surface area contributed by atoms with Crippen molar-refractivity contribution < 1.29 is 4.74 Å². The summed E-state index contributed by atoms with van der Waals surface area (Å²) in [6, 6.07) is 12.7. The Hall–Kier alpha value is -1.28. The summed E-state index contributed by atoms with van der Waals surface area (Å²) in [5.74, 6) is 0.890. The van der Waals surface area contributed by atoms with Crippen molar-refractivity contribution in [3.63, 3.8) is 0 Å². The van der Waals surface area contributed by atoms with Crippen LogP contribution in [0.2, 0.25) is 0 Å². The molecule has 2 aromatic carbocycles. The maximum absolute atomic E-state index is 5.20. The van der Waals surface area contributed by atoms with Crippen LogP contribution in [0.3, 0.4) is 0 Å². The predicted molar refractivity (Wildman–Crippen MR) is 84.4 cm³/mol. The molecule has 0 saturated carbocycles. The van der Waals surface area contributed by atoms with Crippen LogP contribution in [-0.4, -0.2) is 7.11 Å². The molecule has 0 aliphatic heterocycles. The van der Waals surface area contributed by atoms with Crippen LogP contribution in [0.25, 0.3) is 0 Å². The van der Waals surface area contributed by atoms with Crippen LogP contribution in [0, 0.1) is 20.8 Å². The summed E-state index contributed by atoms with van der Waals surface area (Å²) >= 11 is 3.83. The number of hydrogen-bond acceptors (Lipinski definition) is 1. The standard InChI is InChI=1S/C17H19BrO/c1-11-9-12(2)16(13(3)10-11)17(18)14-5-7-15(19-4)8-6-14/h5-10,17H,1-4H3. The third-order valence-corrected chi connectivity index (χ3v) is 4.39. The zero-order chi connectivity index (χ0) is 14.0. The fourth-order valence-electron chi connectivity index (χ4n) is 2.53. The van der Waals surface area contributed by atoms with Crippen molar-refractivity contribution in [2.45, 2.75) is 25.6 Å². The molecule has 2 aromatic rings. The van der Waals surface area contributed by atoms with Gasteiger partial charge in [0.05, 0.1) is 11.9 Å². The molecule has 1 atom stereocenters. The van der Waals surface area contributed by atoms with Crippen molar-refractivity contribution in [2.75, 3.05) is 7.11 Å². The molecule has 19 heavy (non-hydrogen) atoms. The molecule has 0 amide bonds.